The molecule has 0 spiro atoms. The number of anilines is 1. The molecule has 2 unspecified atom stereocenters. The van der Waals surface area contributed by atoms with Gasteiger partial charge in [-0.1, -0.05) is 54.4 Å². The van der Waals surface area contributed by atoms with Crippen LogP contribution in [0.15, 0.2) is 12.1 Å². The first-order valence-corrected chi connectivity index (χ1v) is 9.68. The van der Waals surface area contributed by atoms with Crippen LogP contribution in [0, 0.1) is 11.8 Å². The minimum atomic E-state index is -0.293. The number of fused-ring (bicyclic) bond motifs is 1. The lowest BCUT2D eigenvalue weighted by Gasteiger charge is -2.29. The Balaban J connectivity index is 2.16. The van der Waals surface area contributed by atoms with E-state index >= 15 is 0 Å². The first kappa shape index (κ1) is 18.9. The van der Waals surface area contributed by atoms with Crippen LogP contribution in [-0.4, -0.2) is 16.9 Å². The van der Waals surface area contributed by atoms with E-state index in [1.54, 1.807) is 0 Å². The summed E-state index contributed by atoms with van der Waals surface area (Å²) in [6, 6.07) is 3.66. The van der Waals surface area contributed by atoms with Crippen molar-refractivity contribution in [2.75, 3.05) is 4.90 Å². The molecule has 1 aliphatic heterocycles. The zero-order valence-corrected chi connectivity index (χ0v) is 16.8. The molecule has 26 heavy (non-hydrogen) atoms. The number of rotatable bonds is 1. The summed E-state index contributed by atoms with van der Waals surface area (Å²) in [4.78, 5) is 27.4. The number of amides is 2. The minimum Gasteiger partial charge on any atom is -0.507 e. The molecule has 1 N–H and O–H groups in total. The molecule has 1 aliphatic carbocycles. The van der Waals surface area contributed by atoms with E-state index in [1.165, 1.54) is 4.90 Å². The van der Waals surface area contributed by atoms with Gasteiger partial charge >= 0.3 is 0 Å². The van der Waals surface area contributed by atoms with E-state index in [9.17, 15) is 14.7 Å². The molecule has 1 aromatic rings. The summed E-state index contributed by atoms with van der Waals surface area (Å²) in [6.45, 7) is 12.2. The van der Waals surface area contributed by atoms with Gasteiger partial charge < -0.3 is 5.11 Å². The van der Waals surface area contributed by atoms with Crippen molar-refractivity contribution in [1.82, 2.24) is 0 Å². The Morgan fingerprint density at radius 3 is 1.58 bits per heavy atom. The van der Waals surface area contributed by atoms with Gasteiger partial charge in [0.25, 0.3) is 0 Å². The second-order valence-corrected chi connectivity index (χ2v) is 9.90. The lowest BCUT2D eigenvalue weighted by Crippen LogP contribution is -2.32. The monoisotopic (exact) mass is 357 g/mol. The van der Waals surface area contributed by atoms with Crippen molar-refractivity contribution >= 4 is 17.5 Å². The number of imide groups is 1. The second-order valence-electron chi connectivity index (χ2n) is 9.90. The van der Waals surface area contributed by atoms with Gasteiger partial charge in [0.2, 0.25) is 11.8 Å². The molecule has 2 aliphatic rings. The molecule has 2 fully saturated rings. The molecule has 1 aromatic carbocycles. The van der Waals surface area contributed by atoms with Gasteiger partial charge in [-0.2, -0.15) is 0 Å². The highest BCUT2D eigenvalue weighted by atomic mass is 16.3. The molecule has 1 saturated heterocycles. The average molecular weight is 357 g/mol. The average Bonchev–Trinajstić information content (AvgIpc) is 2.78. The molecule has 0 radical (unpaired) electrons. The van der Waals surface area contributed by atoms with E-state index in [0.717, 1.165) is 36.8 Å². The number of benzene rings is 1. The SMILES string of the molecule is CC(C)(C)c1cc(N2C(=O)C3CCCCC3C2=O)cc(C(C)(C)C)c1O. The molecule has 4 heteroatoms. The van der Waals surface area contributed by atoms with Gasteiger partial charge in [0.1, 0.15) is 5.75 Å². The molecule has 0 aromatic heterocycles. The summed E-state index contributed by atoms with van der Waals surface area (Å²) < 4.78 is 0. The standard InChI is InChI=1S/C22H31NO3/c1-21(2,3)16-11-13(12-17(18(16)24)22(4,5)6)23-19(25)14-9-7-8-10-15(14)20(23)26/h11-12,14-15,24H,7-10H2,1-6H3. The number of carbonyl (C=O) groups excluding carboxylic acids is 2. The number of phenols is 1. The van der Waals surface area contributed by atoms with Gasteiger partial charge in [0.15, 0.2) is 0 Å². The van der Waals surface area contributed by atoms with Gasteiger partial charge in [-0.05, 0) is 35.8 Å². The van der Waals surface area contributed by atoms with Gasteiger partial charge in [0, 0.05) is 11.1 Å². The smallest absolute Gasteiger partial charge is 0.237 e. The number of phenolic OH excluding ortho intramolecular Hbond substituents is 1. The first-order chi connectivity index (χ1) is 11.9. The van der Waals surface area contributed by atoms with E-state index in [-0.39, 0.29) is 40.2 Å². The Morgan fingerprint density at radius 2 is 1.23 bits per heavy atom. The number of aromatic hydroxyl groups is 1. The molecular weight excluding hydrogens is 326 g/mol. The molecule has 2 atom stereocenters. The van der Waals surface area contributed by atoms with E-state index in [4.69, 9.17) is 0 Å². The third-order valence-electron chi connectivity index (χ3n) is 5.81. The lowest BCUT2D eigenvalue weighted by molar-refractivity contribution is -0.122. The number of carbonyl (C=O) groups is 2. The largest absolute Gasteiger partial charge is 0.507 e. The molecule has 142 valence electrons. The van der Waals surface area contributed by atoms with Gasteiger partial charge in [0.05, 0.1) is 17.5 Å². The number of hydrogen-bond acceptors (Lipinski definition) is 3. The fourth-order valence-corrected chi connectivity index (χ4v) is 4.31. The van der Waals surface area contributed by atoms with Gasteiger partial charge in [-0.25, -0.2) is 0 Å². The summed E-state index contributed by atoms with van der Waals surface area (Å²) in [6.07, 6.45) is 3.65. The quantitative estimate of drug-likeness (QED) is 0.743. The normalized spacial score (nSPS) is 24.2. The fraction of sp³-hybridized carbons (Fsp3) is 0.636. The van der Waals surface area contributed by atoms with Crippen molar-refractivity contribution in [2.24, 2.45) is 11.8 Å². The van der Waals surface area contributed by atoms with Crippen molar-refractivity contribution in [2.45, 2.75) is 78.1 Å². The number of nitrogens with zero attached hydrogens (tertiary/aromatic N) is 1. The molecule has 2 amide bonds. The molecule has 4 nitrogen and oxygen atoms in total. The summed E-state index contributed by atoms with van der Waals surface area (Å²) in [7, 11) is 0. The van der Waals surface area contributed by atoms with Crippen LogP contribution in [0.1, 0.15) is 78.4 Å². The predicted molar refractivity (Wildman–Crippen MR) is 103 cm³/mol. The lowest BCUT2D eigenvalue weighted by atomic mass is 9.79. The molecule has 0 bridgehead atoms. The van der Waals surface area contributed by atoms with Crippen LogP contribution in [0.25, 0.3) is 0 Å². The maximum absolute atomic E-state index is 13.0. The zero-order valence-electron chi connectivity index (χ0n) is 16.8. The Morgan fingerprint density at radius 1 is 0.846 bits per heavy atom. The van der Waals surface area contributed by atoms with Crippen molar-refractivity contribution < 1.29 is 14.7 Å². The van der Waals surface area contributed by atoms with Crippen molar-refractivity contribution in [1.29, 1.82) is 0 Å². The second kappa shape index (κ2) is 6.11. The Kier molecular flexibility index (Phi) is 4.45. The third kappa shape index (κ3) is 3.04. The van der Waals surface area contributed by atoms with Crippen LogP contribution >= 0.6 is 0 Å². The van der Waals surface area contributed by atoms with Crippen LogP contribution in [0.5, 0.6) is 5.75 Å². The predicted octanol–water partition coefficient (Wildman–Crippen LogP) is 4.67. The van der Waals surface area contributed by atoms with E-state index in [0.29, 0.717) is 5.69 Å². The maximum atomic E-state index is 13.0. The van der Waals surface area contributed by atoms with E-state index in [2.05, 4.69) is 0 Å². The van der Waals surface area contributed by atoms with Crippen molar-refractivity contribution in [3.8, 4) is 5.75 Å². The van der Waals surface area contributed by atoms with Gasteiger partial charge in [-0.15, -0.1) is 0 Å². The summed E-state index contributed by atoms with van der Waals surface area (Å²) in [5.41, 5.74) is 1.57. The summed E-state index contributed by atoms with van der Waals surface area (Å²) in [5, 5.41) is 10.9. The highest BCUT2D eigenvalue weighted by Gasteiger charge is 2.49. The Bertz CT molecular complexity index is 693. The van der Waals surface area contributed by atoms with Crippen LogP contribution < -0.4 is 4.90 Å². The topological polar surface area (TPSA) is 57.6 Å². The molecule has 1 saturated carbocycles. The van der Waals surface area contributed by atoms with Crippen LogP contribution in [0.3, 0.4) is 0 Å². The van der Waals surface area contributed by atoms with Crippen molar-refractivity contribution in [3.05, 3.63) is 23.3 Å². The maximum Gasteiger partial charge on any atom is 0.237 e. The zero-order chi connectivity index (χ0) is 19.4. The number of hydrogen-bond donors (Lipinski definition) is 1. The minimum absolute atomic E-state index is 0.0647. The fourth-order valence-electron chi connectivity index (χ4n) is 4.31. The first-order valence-electron chi connectivity index (χ1n) is 9.68. The molecular formula is C22H31NO3. The van der Waals surface area contributed by atoms with Crippen molar-refractivity contribution in [3.63, 3.8) is 0 Å². The summed E-state index contributed by atoms with van der Waals surface area (Å²) >= 11 is 0. The van der Waals surface area contributed by atoms with Crippen LogP contribution in [0.4, 0.5) is 5.69 Å². The Labute approximate surface area is 156 Å². The van der Waals surface area contributed by atoms with Crippen LogP contribution in [0.2, 0.25) is 0 Å². The van der Waals surface area contributed by atoms with E-state index in [1.807, 2.05) is 53.7 Å². The van der Waals surface area contributed by atoms with Gasteiger partial charge in [-0.3, -0.25) is 14.5 Å². The van der Waals surface area contributed by atoms with Crippen LogP contribution in [-0.2, 0) is 20.4 Å². The Hall–Kier alpha value is -1.84. The highest BCUT2D eigenvalue weighted by molar-refractivity contribution is 6.22. The van der Waals surface area contributed by atoms with E-state index < -0.39 is 0 Å². The third-order valence-corrected chi connectivity index (χ3v) is 5.81. The molecule has 3 rings (SSSR count). The molecule has 1 heterocycles. The highest BCUT2D eigenvalue weighted by Crippen LogP contribution is 2.45. The summed E-state index contributed by atoms with van der Waals surface area (Å²) in [5.74, 6) is -0.192.